The van der Waals surface area contributed by atoms with E-state index in [1.54, 1.807) is 6.08 Å². The van der Waals surface area contributed by atoms with Gasteiger partial charge in [-0.05, 0) is 62.1 Å². The van der Waals surface area contributed by atoms with Gasteiger partial charge in [-0.3, -0.25) is 0 Å². The van der Waals surface area contributed by atoms with E-state index in [2.05, 4.69) is 124 Å². The number of allylic oxidation sites excluding steroid dienone is 3. The molecule has 0 aromatic heterocycles. The fourth-order valence-electron chi connectivity index (χ4n) is 2.55. The molecule has 0 fully saturated rings. The van der Waals surface area contributed by atoms with Gasteiger partial charge in [0, 0.05) is 0 Å². The molecule has 0 aliphatic rings. The van der Waals surface area contributed by atoms with Crippen LogP contribution in [0.25, 0.3) is 16.7 Å². The van der Waals surface area contributed by atoms with Gasteiger partial charge in [-0.15, -0.1) is 6.58 Å². The lowest BCUT2D eigenvalue weighted by molar-refractivity contribution is 0.481. The lowest BCUT2D eigenvalue weighted by Crippen LogP contribution is -2.03. The maximum absolute atomic E-state index is 3.94. The largest absolute Gasteiger partial charge is 0.103 e. The van der Waals surface area contributed by atoms with Crippen LogP contribution in [0.5, 0.6) is 0 Å². The van der Waals surface area contributed by atoms with Crippen molar-refractivity contribution >= 4 is 5.57 Å². The first-order chi connectivity index (χ1) is 19.4. The van der Waals surface area contributed by atoms with Gasteiger partial charge >= 0.3 is 0 Å². The Labute approximate surface area is 262 Å². The van der Waals surface area contributed by atoms with E-state index in [9.17, 15) is 0 Å². The minimum atomic E-state index is 0.676. The zero-order valence-electron chi connectivity index (χ0n) is 31.5. The third kappa shape index (κ3) is 33.8. The molecule has 0 heterocycles. The van der Waals surface area contributed by atoms with E-state index in [1.807, 2.05) is 69.2 Å². The van der Waals surface area contributed by atoms with Crippen molar-refractivity contribution in [2.45, 2.75) is 137 Å². The molecule has 1 unspecified atom stereocenters. The highest BCUT2D eigenvalue weighted by Gasteiger charge is 2.05. The van der Waals surface area contributed by atoms with Gasteiger partial charge in [-0.2, -0.15) is 0 Å². The van der Waals surface area contributed by atoms with Crippen LogP contribution < -0.4 is 0 Å². The maximum atomic E-state index is 3.94. The molecule has 0 saturated carbocycles. The summed E-state index contributed by atoms with van der Waals surface area (Å²) in [7, 11) is 0. The highest BCUT2D eigenvalue weighted by Crippen LogP contribution is 2.22. The van der Waals surface area contributed by atoms with Crippen molar-refractivity contribution in [2.24, 2.45) is 17.8 Å². The molecule has 0 nitrogen and oxygen atoms in total. The molecule has 0 radical (unpaired) electrons. The molecule has 1 atom stereocenters. The summed E-state index contributed by atoms with van der Waals surface area (Å²) in [6.45, 7) is 48.7. The Bertz CT molecular complexity index is 768. The molecular weight excluding hydrogens is 492 g/mol. The maximum Gasteiger partial charge on any atom is -0.0184 e. The predicted molar refractivity (Wildman–Crippen MR) is 201 cm³/mol. The third-order valence-corrected chi connectivity index (χ3v) is 5.93. The molecule has 2 rings (SSSR count). The quantitative estimate of drug-likeness (QED) is 0.304. The van der Waals surface area contributed by atoms with Crippen LogP contribution in [0.4, 0.5) is 0 Å². The number of benzene rings is 2. The van der Waals surface area contributed by atoms with E-state index in [0.29, 0.717) is 5.92 Å². The molecule has 41 heavy (non-hydrogen) atoms. The Kier molecular flexibility index (Phi) is 49.9. The van der Waals surface area contributed by atoms with Crippen LogP contribution in [0.2, 0.25) is 0 Å². The first-order valence-electron chi connectivity index (χ1n) is 16.5. The Morgan fingerprint density at radius 2 is 0.951 bits per heavy atom. The third-order valence-electron chi connectivity index (χ3n) is 5.93. The molecule has 0 saturated heterocycles. The summed E-state index contributed by atoms with van der Waals surface area (Å²) < 4.78 is 0. The van der Waals surface area contributed by atoms with Gasteiger partial charge in [0.05, 0.1) is 0 Å². The van der Waals surface area contributed by atoms with Gasteiger partial charge in [0.1, 0.15) is 0 Å². The van der Waals surface area contributed by atoms with Crippen LogP contribution in [0.15, 0.2) is 79.9 Å². The topological polar surface area (TPSA) is 0 Å². The molecule has 0 amide bonds. The number of rotatable bonds is 6. The van der Waals surface area contributed by atoms with E-state index in [4.69, 9.17) is 0 Å². The average Bonchev–Trinajstić information content (AvgIpc) is 3.01. The fourth-order valence-corrected chi connectivity index (χ4v) is 2.55. The first-order valence-corrected chi connectivity index (χ1v) is 16.5. The van der Waals surface area contributed by atoms with Crippen LogP contribution in [0.3, 0.4) is 0 Å². The molecule has 0 heteroatoms. The second kappa shape index (κ2) is 39.8. The van der Waals surface area contributed by atoms with Crippen LogP contribution >= 0.6 is 0 Å². The van der Waals surface area contributed by atoms with E-state index < -0.39 is 0 Å². The summed E-state index contributed by atoms with van der Waals surface area (Å²) in [4.78, 5) is 0. The zero-order valence-corrected chi connectivity index (χ0v) is 31.5. The van der Waals surface area contributed by atoms with Crippen molar-refractivity contribution in [3.05, 3.63) is 91.0 Å². The highest BCUT2D eigenvalue weighted by molar-refractivity contribution is 5.68. The molecule has 240 valence electrons. The van der Waals surface area contributed by atoms with Crippen LogP contribution in [0.1, 0.15) is 142 Å². The molecular formula is C41H76. The van der Waals surface area contributed by atoms with E-state index in [-0.39, 0.29) is 0 Å². The van der Waals surface area contributed by atoms with Crippen molar-refractivity contribution in [3.8, 4) is 11.1 Å². The van der Waals surface area contributed by atoms with E-state index >= 15 is 0 Å². The Hall–Kier alpha value is -2.34. The van der Waals surface area contributed by atoms with Crippen molar-refractivity contribution in [2.75, 3.05) is 0 Å². The molecule has 0 N–H and O–H groups in total. The van der Waals surface area contributed by atoms with Gasteiger partial charge in [0.2, 0.25) is 0 Å². The molecule has 2 aromatic rings. The lowest BCUT2D eigenvalue weighted by Gasteiger charge is -2.13. The molecule has 0 aliphatic heterocycles. The normalized spacial score (nSPS) is 9.07. The monoisotopic (exact) mass is 569 g/mol. The Morgan fingerprint density at radius 1 is 0.659 bits per heavy atom. The lowest BCUT2D eigenvalue weighted by atomic mass is 9.92. The van der Waals surface area contributed by atoms with Crippen molar-refractivity contribution in [1.82, 2.24) is 0 Å². The number of aryl methyl sites for hydroxylation is 1. The zero-order chi connectivity index (χ0) is 34.0. The predicted octanol–water partition coefficient (Wildman–Crippen LogP) is 15.3. The van der Waals surface area contributed by atoms with Crippen LogP contribution in [-0.2, 0) is 0 Å². The summed E-state index contributed by atoms with van der Waals surface area (Å²) in [5, 5.41) is 0. The highest BCUT2D eigenvalue weighted by atomic mass is 14.1. The summed E-state index contributed by atoms with van der Waals surface area (Å²) in [6, 6.07) is 17.1. The van der Waals surface area contributed by atoms with Gasteiger partial charge in [0.25, 0.3) is 0 Å². The Balaban J connectivity index is -0.000000104. The summed E-state index contributed by atoms with van der Waals surface area (Å²) >= 11 is 0. The summed E-state index contributed by atoms with van der Waals surface area (Å²) in [5.41, 5.74) is 7.41. The van der Waals surface area contributed by atoms with Gasteiger partial charge < -0.3 is 0 Å². The molecule has 0 spiro atoms. The minimum absolute atomic E-state index is 0.676. The molecule has 0 bridgehead atoms. The van der Waals surface area contributed by atoms with E-state index in [1.165, 1.54) is 40.7 Å². The SMILES string of the molecule is C=C(C)C(C)C(C)C.C=C(C)c1ccc(-c2ccc(C)cc2)cc1.C=CC.CC.CC.CC.CC.CCC(C)CC. The van der Waals surface area contributed by atoms with Crippen LogP contribution in [-0.4, -0.2) is 0 Å². The molecule has 0 aliphatic carbocycles. The van der Waals surface area contributed by atoms with Crippen LogP contribution in [0, 0.1) is 24.7 Å². The second-order valence-electron chi connectivity index (χ2n) is 9.43. The van der Waals surface area contributed by atoms with Crippen molar-refractivity contribution < 1.29 is 0 Å². The second-order valence-corrected chi connectivity index (χ2v) is 9.43. The Morgan fingerprint density at radius 3 is 1.12 bits per heavy atom. The fraction of sp³-hybridized carbons (Fsp3) is 0.561. The summed E-state index contributed by atoms with van der Waals surface area (Å²) in [6.07, 6.45) is 4.41. The number of hydrogen-bond acceptors (Lipinski definition) is 0. The van der Waals surface area contributed by atoms with Gasteiger partial charge in [0.15, 0.2) is 0 Å². The number of hydrogen-bond donors (Lipinski definition) is 0. The van der Waals surface area contributed by atoms with Crippen molar-refractivity contribution in [1.29, 1.82) is 0 Å². The van der Waals surface area contributed by atoms with Crippen molar-refractivity contribution in [3.63, 3.8) is 0 Å². The first kappa shape index (κ1) is 51.4. The van der Waals surface area contributed by atoms with E-state index in [0.717, 1.165) is 17.4 Å². The van der Waals surface area contributed by atoms with Gasteiger partial charge in [-0.25, -0.2) is 0 Å². The smallest absolute Gasteiger partial charge is 0.0184 e. The van der Waals surface area contributed by atoms with Gasteiger partial charge in [-0.1, -0.05) is 194 Å². The average molecular weight is 569 g/mol. The standard InChI is InChI=1S/C16H16.C8H16.C6H14.C3H6.4C2H6/c1-12(2)14-8-10-16(11-9-14)15-6-4-13(3)5-7-15;1-6(2)8(5)7(3)4;1-4-6(3)5-2;1-3-2;4*1-2/h4-11H,1H2,2-3H3;7-8H,1H2,2-5H3;6H,4-5H2,1-3H3;3H,1H2,2H3;4*1-2H3. The molecule has 2 aromatic carbocycles. The summed E-state index contributed by atoms with van der Waals surface area (Å²) in [5.74, 6) is 2.35. The minimum Gasteiger partial charge on any atom is -0.103 e.